The molecule has 0 unspecified atom stereocenters. The number of hydrazine groups is 1. The fourth-order valence-electron chi connectivity index (χ4n) is 1.95. The van der Waals surface area contributed by atoms with Gasteiger partial charge in [-0.25, -0.2) is 9.80 Å². The summed E-state index contributed by atoms with van der Waals surface area (Å²) in [6, 6.07) is 5.21. The SMILES string of the molecule is O=C(O)c1ccc(NN2CCCCC2)cc1Br. The van der Waals surface area contributed by atoms with Gasteiger partial charge in [0.05, 0.1) is 11.3 Å². The van der Waals surface area contributed by atoms with Crippen molar-refractivity contribution in [1.82, 2.24) is 5.01 Å². The van der Waals surface area contributed by atoms with Gasteiger partial charge in [0, 0.05) is 17.6 Å². The molecule has 1 aliphatic heterocycles. The molecule has 0 aliphatic carbocycles. The van der Waals surface area contributed by atoms with Crippen LogP contribution >= 0.6 is 15.9 Å². The van der Waals surface area contributed by atoms with Gasteiger partial charge in [-0.15, -0.1) is 0 Å². The summed E-state index contributed by atoms with van der Waals surface area (Å²) in [6.45, 7) is 2.08. The number of rotatable bonds is 3. The van der Waals surface area contributed by atoms with Crippen molar-refractivity contribution in [2.75, 3.05) is 18.5 Å². The molecule has 1 fully saturated rings. The minimum absolute atomic E-state index is 0.286. The van der Waals surface area contributed by atoms with E-state index in [2.05, 4.69) is 26.4 Å². The molecule has 0 amide bonds. The maximum Gasteiger partial charge on any atom is 0.336 e. The Kier molecular flexibility index (Phi) is 4.02. The predicted molar refractivity (Wildman–Crippen MR) is 70.1 cm³/mol. The third-order valence-electron chi connectivity index (χ3n) is 2.84. The van der Waals surface area contributed by atoms with E-state index < -0.39 is 5.97 Å². The van der Waals surface area contributed by atoms with Crippen molar-refractivity contribution in [1.29, 1.82) is 0 Å². The van der Waals surface area contributed by atoms with Crippen LogP contribution in [0.15, 0.2) is 22.7 Å². The Balaban J connectivity index is 2.06. The third-order valence-corrected chi connectivity index (χ3v) is 3.50. The largest absolute Gasteiger partial charge is 0.478 e. The zero-order valence-electron chi connectivity index (χ0n) is 9.45. The summed E-state index contributed by atoms with van der Waals surface area (Å²) >= 11 is 3.27. The molecule has 2 rings (SSSR count). The van der Waals surface area contributed by atoms with E-state index in [1.54, 1.807) is 18.2 Å². The average molecular weight is 299 g/mol. The molecule has 2 N–H and O–H groups in total. The van der Waals surface area contributed by atoms with Crippen LogP contribution in [0.5, 0.6) is 0 Å². The van der Waals surface area contributed by atoms with Crippen LogP contribution in [0, 0.1) is 0 Å². The van der Waals surface area contributed by atoms with E-state index in [0.717, 1.165) is 18.8 Å². The molecule has 0 spiro atoms. The fraction of sp³-hybridized carbons (Fsp3) is 0.417. The van der Waals surface area contributed by atoms with Crippen LogP contribution in [0.4, 0.5) is 5.69 Å². The highest BCUT2D eigenvalue weighted by atomic mass is 79.9. The van der Waals surface area contributed by atoms with E-state index in [-0.39, 0.29) is 5.56 Å². The third kappa shape index (κ3) is 3.20. The number of carboxylic acids is 1. The number of nitrogens with zero attached hydrogens (tertiary/aromatic N) is 1. The molecule has 92 valence electrons. The number of aromatic carboxylic acids is 1. The molecule has 1 aromatic rings. The van der Waals surface area contributed by atoms with Crippen LogP contribution in [-0.2, 0) is 0 Å². The molecule has 0 aromatic heterocycles. The summed E-state index contributed by atoms with van der Waals surface area (Å²) in [7, 11) is 0. The van der Waals surface area contributed by atoms with Crippen LogP contribution in [-0.4, -0.2) is 29.2 Å². The molecule has 0 radical (unpaired) electrons. The first-order valence-corrected chi connectivity index (χ1v) is 6.50. The molecule has 0 atom stereocenters. The molecule has 0 saturated carbocycles. The number of anilines is 1. The lowest BCUT2D eigenvalue weighted by Crippen LogP contribution is -2.34. The zero-order chi connectivity index (χ0) is 12.3. The Hall–Kier alpha value is -1.07. The Labute approximate surface area is 109 Å². The first-order valence-electron chi connectivity index (χ1n) is 5.71. The van der Waals surface area contributed by atoms with Crippen molar-refractivity contribution >= 4 is 27.6 Å². The van der Waals surface area contributed by atoms with Gasteiger partial charge in [0.25, 0.3) is 0 Å². The predicted octanol–water partition coefficient (Wildman–Crippen LogP) is 2.96. The zero-order valence-corrected chi connectivity index (χ0v) is 11.0. The van der Waals surface area contributed by atoms with Crippen molar-refractivity contribution in [2.24, 2.45) is 0 Å². The number of carboxylic acid groups (broad SMARTS) is 1. The summed E-state index contributed by atoms with van der Waals surface area (Å²) in [5.41, 5.74) is 4.50. The van der Waals surface area contributed by atoms with Crippen LogP contribution in [0.25, 0.3) is 0 Å². The van der Waals surface area contributed by atoms with Gasteiger partial charge in [-0.05, 0) is 47.0 Å². The molecule has 1 aromatic carbocycles. The van der Waals surface area contributed by atoms with Crippen molar-refractivity contribution in [3.63, 3.8) is 0 Å². The summed E-state index contributed by atoms with van der Waals surface area (Å²) < 4.78 is 0.604. The van der Waals surface area contributed by atoms with Gasteiger partial charge in [-0.1, -0.05) is 6.42 Å². The molecule has 5 heteroatoms. The first-order chi connectivity index (χ1) is 8.16. The van der Waals surface area contributed by atoms with Crippen molar-refractivity contribution in [2.45, 2.75) is 19.3 Å². The molecule has 17 heavy (non-hydrogen) atoms. The molecule has 4 nitrogen and oxygen atoms in total. The van der Waals surface area contributed by atoms with Crippen molar-refractivity contribution < 1.29 is 9.90 Å². The molecule has 0 bridgehead atoms. The van der Waals surface area contributed by atoms with E-state index in [4.69, 9.17) is 5.11 Å². The highest BCUT2D eigenvalue weighted by Crippen LogP contribution is 2.22. The van der Waals surface area contributed by atoms with E-state index >= 15 is 0 Å². The standard InChI is InChI=1S/C12H15BrN2O2/c13-11-8-9(4-5-10(11)12(16)17)14-15-6-2-1-3-7-15/h4-5,8,14H,1-3,6-7H2,(H,16,17). The van der Waals surface area contributed by atoms with Gasteiger partial charge < -0.3 is 10.5 Å². The number of halogens is 1. The first kappa shape index (κ1) is 12.4. The number of benzene rings is 1. The van der Waals surface area contributed by atoms with Gasteiger partial charge in [0.2, 0.25) is 0 Å². The highest BCUT2D eigenvalue weighted by Gasteiger charge is 2.12. The van der Waals surface area contributed by atoms with E-state index in [1.165, 1.54) is 19.3 Å². The highest BCUT2D eigenvalue weighted by molar-refractivity contribution is 9.10. The fourth-order valence-corrected chi connectivity index (χ4v) is 2.49. The lowest BCUT2D eigenvalue weighted by molar-refractivity contribution is 0.0696. The lowest BCUT2D eigenvalue weighted by atomic mass is 10.1. The molecule has 1 aliphatic rings. The average Bonchev–Trinajstić information content (AvgIpc) is 2.30. The van der Waals surface area contributed by atoms with Crippen LogP contribution in [0.2, 0.25) is 0 Å². The van der Waals surface area contributed by atoms with E-state index in [9.17, 15) is 4.79 Å². The van der Waals surface area contributed by atoms with E-state index in [1.807, 2.05) is 0 Å². The number of hydrogen-bond acceptors (Lipinski definition) is 3. The lowest BCUT2D eigenvalue weighted by Gasteiger charge is -2.28. The van der Waals surface area contributed by atoms with Crippen LogP contribution in [0.1, 0.15) is 29.6 Å². The second-order valence-corrected chi connectivity index (χ2v) is 5.01. The number of piperidine rings is 1. The maximum atomic E-state index is 10.9. The normalized spacial score (nSPS) is 16.8. The smallest absolute Gasteiger partial charge is 0.336 e. The number of nitrogens with one attached hydrogen (secondary N) is 1. The topological polar surface area (TPSA) is 52.6 Å². The Bertz CT molecular complexity index is 417. The second-order valence-electron chi connectivity index (χ2n) is 4.16. The number of carbonyl (C=O) groups is 1. The van der Waals surface area contributed by atoms with E-state index in [0.29, 0.717) is 4.47 Å². The van der Waals surface area contributed by atoms with Gasteiger partial charge in [0.15, 0.2) is 0 Å². The molecular weight excluding hydrogens is 284 g/mol. The molecule has 1 saturated heterocycles. The summed E-state index contributed by atoms with van der Waals surface area (Å²) in [5, 5.41) is 11.1. The van der Waals surface area contributed by atoms with Gasteiger partial charge >= 0.3 is 5.97 Å². The quantitative estimate of drug-likeness (QED) is 0.901. The molecule has 1 heterocycles. The Morgan fingerprint density at radius 1 is 1.29 bits per heavy atom. The monoisotopic (exact) mass is 298 g/mol. The van der Waals surface area contributed by atoms with Crippen molar-refractivity contribution in [3.05, 3.63) is 28.2 Å². The Morgan fingerprint density at radius 3 is 2.59 bits per heavy atom. The van der Waals surface area contributed by atoms with Crippen LogP contribution < -0.4 is 5.43 Å². The number of hydrogen-bond donors (Lipinski definition) is 2. The van der Waals surface area contributed by atoms with Crippen LogP contribution in [0.3, 0.4) is 0 Å². The van der Waals surface area contributed by atoms with Gasteiger partial charge in [-0.2, -0.15) is 0 Å². The van der Waals surface area contributed by atoms with Crippen molar-refractivity contribution in [3.8, 4) is 0 Å². The summed E-state index contributed by atoms with van der Waals surface area (Å²) in [5.74, 6) is -0.915. The molecular formula is C12H15BrN2O2. The Morgan fingerprint density at radius 2 is 2.00 bits per heavy atom. The maximum absolute atomic E-state index is 10.9. The minimum atomic E-state index is -0.915. The van der Waals surface area contributed by atoms with Gasteiger partial charge in [-0.3, -0.25) is 0 Å². The summed E-state index contributed by atoms with van der Waals surface area (Å²) in [6.07, 6.45) is 3.71. The summed E-state index contributed by atoms with van der Waals surface area (Å²) in [4.78, 5) is 10.9. The second kappa shape index (κ2) is 5.51. The van der Waals surface area contributed by atoms with Gasteiger partial charge in [0.1, 0.15) is 0 Å². The minimum Gasteiger partial charge on any atom is -0.478 e.